The van der Waals surface area contributed by atoms with Crippen molar-refractivity contribution in [1.82, 2.24) is 0 Å². The lowest BCUT2D eigenvalue weighted by Crippen LogP contribution is -2.22. The topological polar surface area (TPSA) is 84.8 Å². The first-order valence-electron chi connectivity index (χ1n) is 9.15. The van der Waals surface area contributed by atoms with Gasteiger partial charge in [0.15, 0.2) is 0 Å². The van der Waals surface area contributed by atoms with Crippen LogP contribution >= 0.6 is 0 Å². The second-order valence-electron chi connectivity index (χ2n) is 6.52. The van der Waals surface area contributed by atoms with Crippen LogP contribution in [0.1, 0.15) is 15.9 Å². The van der Waals surface area contributed by atoms with E-state index in [0.29, 0.717) is 22.6 Å². The Bertz CT molecular complexity index is 1280. The van der Waals surface area contributed by atoms with Crippen LogP contribution in [0.4, 0.5) is 5.69 Å². The maximum atomic E-state index is 13.0. The number of ketones is 1. The number of benzene rings is 3. The number of fused-ring (bicyclic) bond motifs is 1. The summed E-state index contributed by atoms with van der Waals surface area (Å²) in [7, 11) is -2.42. The van der Waals surface area contributed by atoms with Gasteiger partial charge >= 0.3 is 0 Å². The van der Waals surface area contributed by atoms with Crippen LogP contribution in [0.15, 0.2) is 99.9 Å². The van der Waals surface area contributed by atoms with Crippen molar-refractivity contribution >= 4 is 27.2 Å². The minimum atomic E-state index is -3.95. The maximum absolute atomic E-state index is 13.0. The third-order valence-electron chi connectivity index (χ3n) is 4.61. The number of methoxy groups -OCH3 is 1. The second-order valence-corrected chi connectivity index (χ2v) is 8.13. The summed E-state index contributed by atoms with van der Waals surface area (Å²) in [5.41, 5.74) is 1.82. The first kappa shape index (κ1) is 19.6. The molecular weight excluding hydrogens is 400 g/mol. The number of rotatable bonds is 5. The highest BCUT2D eigenvalue weighted by molar-refractivity contribution is 7.90. The summed E-state index contributed by atoms with van der Waals surface area (Å²) in [6.07, 6.45) is 1.46. The first-order chi connectivity index (χ1) is 14.5. The summed E-state index contributed by atoms with van der Waals surface area (Å²) in [5.74, 6) is 0.299. The zero-order valence-corrected chi connectivity index (χ0v) is 16.9. The highest BCUT2D eigenvalue weighted by atomic mass is 32.2. The van der Waals surface area contributed by atoms with Crippen molar-refractivity contribution in [2.24, 2.45) is 4.40 Å². The summed E-state index contributed by atoms with van der Waals surface area (Å²) >= 11 is 0. The van der Waals surface area contributed by atoms with E-state index in [9.17, 15) is 13.2 Å². The lowest BCUT2D eigenvalue weighted by atomic mass is 9.92. The summed E-state index contributed by atoms with van der Waals surface area (Å²) in [6.45, 7) is 0. The van der Waals surface area contributed by atoms with Crippen LogP contribution in [-0.2, 0) is 10.0 Å². The number of Topliss-reactive ketones (excluding diaryl/α,β-unsaturated/α-hetero) is 1. The van der Waals surface area contributed by atoms with Crippen LogP contribution in [0, 0.1) is 0 Å². The fourth-order valence-corrected chi connectivity index (χ4v) is 4.18. The van der Waals surface area contributed by atoms with Crippen LogP contribution in [0.5, 0.6) is 5.75 Å². The van der Waals surface area contributed by atoms with Gasteiger partial charge < -0.3 is 10.1 Å². The van der Waals surface area contributed by atoms with E-state index in [-0.39, 0.29) is 22.1 Å². The van der Waals surface area contributed by atoms with Gasteiger partial charge in [-0.3, -0.25) is 4.79 Å². The quantitative estimate of drug-likeness (QED) is 0.675. The number of ether oxygens (including phenoxy) is 1. The molecule has 3 aromatic rings. The number of allylic oxidation sites excluding steroid dienone is 2. The minimum Gasteiger partial charge on any atom is -0.495 e. The number of para-hydroxylation sites is 2. The monoisotopic (exact) mass is 418 g/mol. The molecular formula is C23H18N2O4S. The van der Waals surface area contributed by atoms with Crippen LogP contribution in [0.2, 0.25) is 0 Å². The molecule has 0 unspecified atom stereocenters. The molecule has 0 fully saturated rings. The van der Waals surface area contributed by atoms with E-state index >= 15 is 0 Å². The number of sulfonamides is 1. The van der Waals surface area contributed by atoms with Gasteiger partial charge in [-0.1, -0.05) is 54.6 Å². The molecule has 0 saturated heterocycles. The van der Waals surface area contributed by atoms with Gasteiger partial charge in [-0.15, -0.1) is 0 Å². The highest BCUT2D eigenvalue weighted by Crippen LogP contribution is 2.29. The second kappa shape index (κ2) is 7.96. The first-order valence-corrected chi connectivity index (χ1v) is 10.6. The van der Waals surface area contributed by atoms with E-state index in [1.807, 2.05) is 12.1 Å². The van der Waals surface area contributed by atoms with E-state index in [0.717, 1.165) is 0 Å². The molecule has 0 aromatic heterocycles. The molecule has 1 aliphatic carbocycles. The Labute approximate surface area is 174 Å². The predicted molar refractivity (Wildman–Crippen MR) is 116 cm³/mol. The van der Waals surface area contributed by atoms with Gasteiger partial charge in [-0.05, 0) is 30.3 Å². The smallest absolute Gasteiger partial charge is 0.282 e. The Morgan fingerprint density at radius 3 is 2.20 bits per heavy atom. The molecule has 0 saturated carbocycles. The molecule has 0 radical (unpaired) electrons. The average molecular weight is 418 g/mol. The molecule has 0 spiro atoms. The van der Waals surface area contributed by atoms with E-state index in [4.69, 9.17) is 4.74 Å². The van der Waals surface area contributed by atoms with E-state index < -0.39 is 10.0 Å². The van der Waals surface area contributed by atoms with Crippen molar-refractivity contribution in [2.45, 2.75) is 4.90 Å². The largest absolute Gasteiger partial charge is 0.495 e. The zero-order valence-electron chi connectivity index (χ0n) is 16.1. The van der Waals surface area contributed by atoms with Crippen molar-refractivity contribution in [3.05, 3.63) is 102 Å². The Morgan fingerprint density at radius 2 is 1.47 bits per heavy atom. The zero-order chi connectivity index (χ0) is 21.1. The van der Waals surface area contributed by atoms with Gasteiger partial charge in [0.1, 0.15) is 5.75 Å². The van der Waals surface area contributed by atoms with Gasteiger partial charge in [-0.2, -0.15) is 12.8 Å². The van der Waals surface area contributed by atoms with Crippen LogP contribution in [-0.4, -0.2) is 27.0 Å². The molecule has 7 heteroatoms. The van der Waals surface area contributed by atoms with E-state index in [2.05, 4.69) is 9.71 Å². The highest BCUT2D eigenvalue weighted by Gasteiger charge is 2.26. The standard InChI is InChI=1S/C23H18N2O4S/c1-29-22-14-8-7-13-19(22)24-21-15-20(17-11-5-6-12-18(17)23(21)26)25-30(27,28)16-9-3-2-4-10-16/h2-15,24H,1H3. The number of hydrogen-bond acceptors (Lipinski definition) is 5. The Kier molecular flexibility index (Phi) is 5.20. The molecule has 0 heterocycles. The van der Waals surface area contributed by atoms with Crippen LogP contribution in [0.25, 0.3) is 0 Å². The minimum absolute atomic E-state index is 0.0829. The Morgan fingerprint density at radius 1 is 0.833 bits per heavy atom. The van der Waals surface area contributed by atoms with E-state index in [1.165, 1.54) is 25.3 Å². The third-order valence-corrected chi connectivity index (χ3v) is 5.91. The molecule has 0 aliphatic heterocycles. The van der Waals surface area contributed by atoms with Crippen molar-refractivity contribution < 1.29 is 17.9 Å². The number of nitrogens with zero attached hydrogens (tertiary/aromatic N) is 1. The van der Waals surface area contributed by atoms with Crippen molar-refractivity contribution in [3.63, 3.8) is 0 Å². The fourth-order valence-electron chi connectivity index (χ4n) is 3.17. The lowest BCUT2D eigenvalue weighted by molar-refractivity contribution is 0.103. The molecule has 6 nitrogen and oxygen atoms in total. The molecule has 3 aromatic carbocycles. The average Bonchev–Trinajstić information content (AvgIpc) is 2.78. The maximum Gasteiger partial charge on any atom is 0.282 e. The molecule has 1 aliphatic rings. The summed E-state index contributed by atoms with van der Waals surface area (Å²) in [4.78, 5) is 13.1. The number of anilines is 1. The van der Waals surface area contributed by atoms with E-state index in [1.54, 1.807) is 54.6 Å². The molecule has 1 N–H and O–H groups in total. The molecule has 0 atom stereocenters. The summed E-state index contributed by atoms with van der Waals surface area (Å²) in [6, 6.07) is 21.9. The lowest BCUT2D eigenvalue weighted by Gasteiger charge is -2.19. The molecule has 150 valence electrons. The SMILES string of the molecule is COc1ccccc1NC1=CC(=NS(=O)(=O)c2ccccc2)c2ccccc2C1=O. The Balaban J connectivity index is 1.83. The number of hydrogen-bond donors (Lipinski definition) is 1. The summed E-state index contributed by atoms with van der Waals surface area (Å²) < 4.78 is 35.0. The predicted octanol–water partition coefficient (Wildman–Crippen LogP) is 4.07. The van der Waals surface area contributed by atoms with Crippen LogP contribution < -0.4 is 10.1 Å². The van der Waals surface area contributed by atoms with Crippen molar-refractivity contribution in [3.8, 4) is 5.75 Å². The molecule has 4 rings (SSSR count). The van der Waals surface area contributed by atoms with Crippen molar-refractivity contribution in [2.75, 3.05) is 12.4 Å². The Hall–Kier alpha value is -3.71. The number of carbonyl (C=O) groups is 1. The third kappa shape index (κ3) is 3.75. The number of carbonyl (C=O) groups excluding carboxylic acids is 1. The van der Waals surface area contributed by atoms with Gasteiger partial charge in [0, 0.05) is 11.1 Å². The van der Waals surface area contributed by atoms with Gasteiger partial charge in [0.2, 0.25) is 5.78 Å². The van der Waals surface area contributed by atoms with Crippen molar-refractivity contribution in [1.29, 1.82) is 0 Å². The van der Waals surface area contributed by atoms with Gasteiger partial charge in [0.25, 0.3) is 10.0 Å². The normalized spacial score (nSPS) is 14.8. The summed E-state index contributed by atoms with van der Waals surface area (Å²) in [5, 5.41) is 3.06. The van der Waals surface area contributed by atoms with Gasteiger partial charge in [0.05, 0.1) is 29.1 Å². The fraction of sp³-hybridized carbons (Fsp3) is 0.0435. The van der Waals surface area contributed by atoms with Crippen LogP contribution in [0.3, 0.4) is 0 Å². The van der Waals surface area contributed by atoms with Gasteiger partial charge in [-0.25, -0.2) is 0 Å². The molecule has 30 heavy (non-hydrogen) atoms. The molecule has 0 amide bonds. The number of nitrogens with one attached hydrogen (secondary N) is 1. The molecule has 0 bridgehead atoms.